The van der Waals surface area contributed by atoms with Crippen molar-refractivity contribution in [2.24, 2.45) is 5.41 Å². The molecule has 1 N–H and O–H groups in total. The molecule has 0 bridgehead atoms. The van der Waals surface area contributed by atoms with E-state index < -0.39 is 0 Å². The van der Waals surface area contributed by atoms with Crippen molar-refractivity contribution in [1.82, 2.24) is 5.32 Å². The zero-order valence-corrected chi connectivity index (χ0v) is 14.3. The maximum absolute atomic E-state index is 3.75. The topological polar surface area (TPSA) is 15.3 Å². The quantitative estimate of drug-likeness (QED) is 0.878. The van der Waals surface area contributed by atoms with Crippen molar-refractivity contribution in [3.8, 4) is 0 Å². The molecule has 1 aliphatic heterocycles. The molecule has 2 nitrogen and oxygen atoms in total. The van der Waals surface area contributed by atoms with Gasteiger partial charge in [-0.3, -0.25) is 0 Å². The number of anilines is 1. The Balaban J connectivity index is 1.91. The molecule has 0 spiro atoms. The number of rotatable bonds is 2. The van der Waals surface area contributed by atoms with Gasteiger partial charge in [0.2, 0.25) is 0 Å². The van der Waals surface area contributed by atoms with Crippen LogP contribution in [-0.4, -0.2) is 25.2 Å². The fourth-order valence-electron chi connectivity index (χ4n) is 3.19. The molecule has 1 saturated heterocycles. The molecule has 2 aromatic rings. The van der Waals surface area contributed by atoms with Crippen molar-refractivity contribution < 1.29 is 0 Å². The Morgan fingerprint density at radius 2 is 2.10 bits per heavy atom. The van der Waals surface area contributed by atoms with Crippen molar-refractivity contribution in [1.29, 1.82) is 0 Å². The summed E-state index contributed by atoms with van der Waals surface area (Å²) in [6.07, 6.45) is 1.19. The van der Waals surface area contributed by atoms with E-state index in [2.05, 4.69) is 67.6 Å². The second-order valence-corrected chi connectivity index (χ2v) is 8.13. The summed E-state index contributed by atoms with van der Waals surface area (Å²) in [7, 11) is 0. The number of hydrogen-bond donors (Lipinski definition) is 1. The third kappa shape index (κ3) is 2.95. The first-order valence-electron chi connectivity index (χ1n) is 7.96. The molecule has 0 saturated carbocycles. The molecule has 3 heteroatoms. The first-order chi connectivity index (χ1) is 9.99. The van der Waals surface area contributed by atoms with Gasteiger partial charge in [-0.2, -0.15) is 0 Å². The summed E-state index contributed by atoms with van der Waals surface area (Å²) in [5.41, 5.74) is 1.67. The van der Waals surface area contributed by atoms with Gasteiger partial charge in [0.1, 0.15) is 0 Å². The Hall–Kier alpha value is -1.06. The molecule has 0 amide bonds. The van der Waals surface area contributed by atoms with Gasteiger partial charge in [0.05, 0.1) is 0 Å². The summed E-state index contributed by atoms with van der Waals surface area (Å²) >= 11 is 1.82. The lowest BCUT2D eigenvalue weighted by molar-refractivity contribution is 0.234. The summed E-state index contributed by atoms with van der Waals surface area (Å²) in [5, 5.41) is 7.31. The molecule has 0 aliphatic carbocycles. The van der Waals surface area contributed by atoms with Crippen LogP contribution >= 0.6 is 11.3 Å². The lowest BCUT2D eigenvalue weighted by atomic mass is 9.84. The van der Waals surface area contributed by atoms with Crippen LogP contribution in [0.5, 0.6) is 0 Å². The number of fused-ring (bicyclic) bond motifs is 1. The van der Waals surface area contributed by atoms with Gasteiger partial charge < -0.3 is 10.2 Å². The molecule has 2 unspecified atom stereocenters. The van der Waals surface area contributed by atoms with Crippen LogP contribution in [-0.2, 0) is 0 Å². The highest BCUT2D eigenvalue weighted by atomic mass is 32.1. The molecule has 2 heterocycles. The summed E-state index contributed by atoms with van der Waals surface area (Å²) in [6.45, 7) is 11.5. The molecule has 21 heavy (non-hydrogen) atoms. The van der Waals surface area contributed by atoms with E-state index in [4.69, 9.17) is 0 Å². The summed E-state index contributed by atoms with van der Waals surface area (Å²) in [5.74, 6) is 0. The molecule has 1 aliphatic rings. The molecule has 1 aromatic heterocycles. The van der Waals surface area contributed by atoms with Crippen LogP contribution in [0.4, 0.5) is 5.69 Å². The van der Waals surface area contributed by atoms with Crippen LogP contribution in [0.25, 0.3) is 10.1 Å². The van der Waals surface area contributed by atoms with Gasteiger partial charge in [-0.25, -0.2) is 0 Å². The van der Waals surface area contributed by atoms with E-state index in [0.717, 1.165) is 13.1 Å². The predicted octanol–water partition coefficient (Wildman–Crippen LogP) is 4.50. The molecule has 114 valence electrons. The van der Waals surface area contributed by atoms with E-state index in [1.165, 1.54) is 22.2 Å². The van der Waals surface area contributed by atoms with Crippen molar-refractivity contribution in [2.45, 2.75) is 46.2 Å². The van der Waals surface area contributed by atoms with E-state index in [-0.39, 0.29) is 0 Å². The summed E-state index contributed by atoms with van der Waals surface area (Å²) in [6, 6.07) is 10.3. The van der Waals surface area contributed by atoms with E-state index >= 15 is 0 Å². The number of nitrogens with zero attached hydrogens (tertiary/aromatic N) is 1. The second-order valence-electron chi connectivity index (χ2n) is 7.18. The minimum atomic E-state index is 0.295. The normalized spacial score (nSPS) is 23.7. The largest absolute Gasteiger partial charge is 0.366 e. The van der Waals surface area contributed by atoms with Gasteiger partial charge >= 0.3 is 0 Å². The number of nitrogens with one attached hydrogen (secondary N) is 1. The summed E-state index contributed by atoms with van der Waals surface area (Å²) in [4.78, 5) is 2.61. The maximum Gasteiger partial charge on any atom is 0.0412 e. The molecule has 3 rings (SSSR count). The minimum absolute atomic E-state index is 0.295. The van der Waals surface area contributed by atoms with E-state index in [1.807, 2.05) is 11.3 Å². The smallest absolute Gasteiger partial charge is 0.0412 e. The average molecular weight is 302 g/mol. The van der Waals surface area contributed by atoms with Gasteiger partial charge in [-0.1, -0.05) is 27.7 Å². The number of benzene rings is 1. The van der Waals surface area contributed by atoms with E-state index in [9.17, 15) is 0 Å². The molecule has 0 radical (unpaired) electrons. The number of piperazine rings is 1. The fourth-order valence-corrected chi connectivity index (χ4v) is 3.96. The first-order valence-corrected chi connectivity index (χ1v) is 8.84. The first kappa shape index (κ1) is 14.9. The van der Waals surface area contributed by atoms with Crippen molar-refractivity contribution >= 4 is 27.1 Å². The highest BCUT2D eigenvalue weighted by Crippen LogP contribution is 2.31. The Morgan fingerprint density at radius 1 is 1.29 bits per heavy atom. The lowest BCUT2D eigenvalue weighted by Crippen LogP contribution is -2.60. The van der Waals surface area contributed by atoms with Crippen molar-refractivity contribution in [3.05, 3.63) is 29.6 Å². The zero-order valence-electron chi connectivity index (χ0n) is 13.5. The second kappa shape index (κ2) is 5.62. The van der Waals surface area contributed by atoms with Gasteiger partial charge in [0.25, 0.3) is 0 Å². The molecule has 2 atom stereocenters. The van der Waals surface area contributed by atoms with Gasteiger partial charge in [0, 0.05) is 35.6 Å². The van der Waals surface area contributed by atoms with Gasteiger partial charge in [-0.15, -0.1) is 11.3 Å². The maximum atomic E-state index is 3.75. The highest BCUT2D eigenvalue weighted by Gasteiger charge is 2.33. The summed E-state index contributed by atoms with van der Waals surface area (Å²) < 4.78 is 1.38. The monoisotopic (exact) mass is 302 g/mol. The Morgan fingerprint density at radius 3 is 2.81 bits per heavy atom. The third-order valence-electron chi connectivity index (χ3n) is 4.70. The van der Waals surface area contributed by atoms with Gasteiger partial charge in [0.15, 0.2) is 0 Å². The van der Waals surface area contributed by atoms with Crippen LogP contribution in [0.2, 0.25) is 0 Å². The minimum Gasteiger partial charge on any atom is -0.366 e. The lowest BCUT2D eigenvalue weighted by Gasteiger charge is -2.46. The SMILES string of the molecule is CCC1CNC(C(C)(C)C)CN1c1ccc2sccc2c1. The van der Waals surface area contributed by atoms with Gasteiger partial charge in [-0.05, 0) is 46.9 Å². The Labute approximate surface area is 132 Å². The third-order valence-corrected chi connectivity index (χ3v) is 5.60. The molecular formula is C18H26N2S. The number of hydrogen-bond acceptors (Lipinski definition) is 3. The van der Waals surface area contributed by atoms with E-state index in [0.29, 0.717) is 17.5 Å². The predicted molar refractivity (Wildman–Crippen MR) is 94.5 cm³/mol. The Bertz CT molecular complexity index is 611. The number of thiophene rings is 1. The van der Waals surface area contributed by atoms with Crippen LogP contribution in [0, 0.1) is 5.41 Å². The van der Waals surface area contributed by atoms with Crippen molar-refractivity contribution in [3.63, 3.8) is 0 Å². The molecule has 1 aromatic carbocycles. The van der Waals surface area contributed by atoms with Crippen LogP contribution < -0.4 is 10.2 Å². The van der Waals surface area contributed by atoms with Crippen LogP contribution in [0.15, 0.2) is 29.6 Å². The molecular weight excluding hydrogens is 276 g/mol. The standard InChI is InChI=1S/C18H26N2S/c1-5-14-11-19-17(18(2,3)4)12-20(14)15-6-7-16-13(10-15)8-9-21-16/h6-10,14,17,19H,5,11-12H2,1-4H3. The highest BCUT2D eigenvalue weighted by molar-refractivity contribution is 7.17. The van der Waals surface area contributed by atoms with Crippen LogP contribution in [0.3, 0.4) is 0 Å². The van der Waals surface area contributed by atoms with E-state index in [1.54, 1.807) is 0 Å². The fraction of sp³-hybridized carbons (Fsp3) is 0.556. The van der Waals surface area contributed by atoms with Crippen molar-refractivity contribution in [2.75, 3.05) is 18.0 Å². The van der Waals surface area contributed by atoms with Crippen LogP contribution in [0.1, 0.15) is 34.1 Å². The zero-order chi connectivity index (χ0) is 15.0. The Kier molecular flexibility index (Phi) is 3.98. The molecule has 1 fully saturated rings. The average Bonchev–Trinajstić information content (AvgIpc) is 2.93.